The first-order valence-corrected chi connectivity index (χ1v) is 18.8. The summed E-state index contributed by atoms with van der Waals surface area (Å²) in [5.74, 6) is 0.970. The maximum absolute atomic E-state index is 5.08. The molecule has 0 saturated heterocycles. The van der Waals surface area contributed by atoms with Gasteiger partial charge in [-0.3, -0.25) is 14.5 Å². The minimum atomic E-state index is -0.719. The molecule has 55 heavy (non-hydrogen) atoms. The zero-order chi connectivity index (χ0) is 37.4. The predicted molar refractivity (Wildman–Crippen MR) is 228 cm³/mol. The number of nitrogens with zero attached hydrogens (tertiary/aromatic N) is 4. The van der Waals surface area contributed by atoms with Crippen molar-refractivity contribution in [2.24, 2.45) is 0 Å². The van der Waals surface area contributed by atoms with Crippen molar-refractivity contribution in [1.82, 2.24) is 19.5 Å². The number of para-hydroxylation sites is 2. The molecule has 0 fully saturated rings. The van der Waals surface area contributed by atoms with E-state index >= 15 is 0 Å². The Hall–Kier alpha value is -6.91. The Balaban J connectivity index is 0.000000949. The monoisotopic (exact) mass is 708 g/mol. The first kappa shape index (κ1) is 33.9. The van der Waals surface area contributed by atoms with Gasteiger partial charge in [-0.1, -0.05) is 109 Å². The summed E-state index contributed by atoms with van der Waals surface area (Å²) in [6.45, 7) is 6.06. The number of fused-ring (bicyclic) bond motifs is 5. The van der Waals surface area contributed by atoms with Crippen molar-refractivity contribution in [2.45, 2.75) is 26.2 Å². The largest absolute Gasteiger partial charge is 0.297 e. The molecule has 1 aliphatic carbocycles. The highest BCUT2D eigenvalue weighted by molar-refractivity contribution is 5.92. The maximum atomic E-state index is 5.08. The van der Waals surface area contributed by atoms with Gasteiger partial charge >= 0.3 is 0 Å². The van der Waals surface area contributed by atoms with Crippen LogP contribution in [0, 0.1) is 6.92 Å². The van der Waals surface area contributed by atoms with Crippen LogP contribution >= 0.6 is 0 Å². The van der Waals surface area contributed by atoms with Crippen molar-refractivity contribution < 1.29 is 0 Å². The average molecular weight is 709 g/mol. The number of hydrogen-bond acceptors (Lipinski definition) is 3. The third-order valence-electron chi connectivity index (χ3n) is 10.8. The Morgan fingerprint density at radius 1 is 0.491 bits per heavy atom. The van der Waals surface area contributed by atoms with Crippen LogP contribution in [0.2, 0.25) is 0 Å². The van der Waals surface area contributed by atoms with Gasteiger partial charge < -0.3 is 0 Å². The molecule has 0 bridgehead atoms. The summed E-state index contributed by atoms with van der Waals surface area (Å²) in [6.07, 6.45) is 7.80. The molecule has 3 heterocycles. The van der Waals surface area contributed by atoms with E-state index in [9.17, 15) is 0 Å². The van der Waals surface area contributed by atoms with Crippen molar-refractivity contribution >= 4 is 21.8 Å². The van der Waals surface area contributed by atoms with Crippen LogP contribution in [0.1, 0.15) is 42.2 Å². The molecule has 0 N–H and O–H groups in total. The second-order valence-electron chi connectivity index (χ2n) is 14.0. The summed E-state index contributed by atoms with van der Waals surface area (Å²) in [5.41, 5.74) is 13.8. The van der Waals surface area contributed by atoms with Crippen LogP contribution in [0.5, 0.6) is 0 Å². The van der Waals surface area contributed by atoms with E-state index in [4.69, 9.17) is 15.0 Å². The molecule has 3 aromatic heterocycles. The van der Waals surface area contributed by atoms with Crippen LogP contribution < -0.4 is 0 Å². The van der Waals surface area contributed by atoms with E-state index in [1.54, 1.807) is 0 Å². The van der Waals surface area contributed by atoms with Crippen molar-refractivity contribution in [3.05, 3.63) is 217 Å². The minimum Gasteiger partial charge on any atom is -0.297 e. The number of rotatable bonds is 5. The van der Waals surface area contributed by atoms with E-state index in [0.29, 0.717) is 0 Å². The van der Waals surface area contributed by atoms with Gasteiger partial charge in [0.25, 0.3) is 0 Å². The number of aryl methyl sites for hydroxylation is 1. The predicted octanol–water partition coefficient (Wildman–Crippen LogP) is 12.6. The molecule has 9 aromatic rings. The lowest BCUT2D eigenvalue weighted by Gasteiger charge is -2.32. The molecular weight excluding hydrogens is 669 g/mol. The Morgan fingerprint density at radius 2 is 1.02 bits per heavy atom. The van der Waals surface area contributed by atoms with Crippen molar-refractivity contribution in [3.8, 4) is 39.1 Å². The van der Waals surface area contributed by atoms with E-state index in [1.165, 1.54) is 44.2 Å². The Bertz CT molecular complexity index is 2790. The van der Waals surface area contributed by atoms with Gasteiger partial charge in [0.1, 0.15) is 11.2 Å². The molecule has 264 valence electrons. The molecule has 0 radical (unpaired) electrons. The van der Waals surface area contributed by atoms with Crippen LogP contribution in [-0.4, -0.2) is 19.5 Å². The van der Waals surface area contributed by atoms with Crippen LogP contribution in [0.15, 0.2) is 188 Å². The number of allylic oxidation sites excluding steroid dienone is 2. The fourth-order valence-corrected chi connectivity index (χ4v) is 8.18. The maximum Gasteiger partial charge on any atom is 0.111 e. The fraction of sp³-hybridized carbons (Fsp3) is 0.0784. The molecule has 4 nitrogen and oxygen atoms in total. The Kier molecular flexibility index (Phi) is 8.72. The van der Waals surface area contributed by atoms with E-state index < -0.39 is 5.41 Å². The molecule has 0 atom stereocenters. The zero-order valence-electron chi connectivity index (χ0n) is 31.2. The smallest absolute Gasteiger partial charge is 0.111 e. The van der Waals surface area contributed by atoms with Crippen LogP contribution in [0.4, 0.5) is 0 Å². The molecule has 0 unspecified atom stereocenters. The van der Waals surface area contributed by atoms with Gasteiger partial charge in [0.2, 0.25) is 0 Å². The standard InChI is InChI=1S/C47H32N4.C4H8/c1-31-50-43-12-4-5-13-44(43)51(31)38-22-18-33(19-23-38)36-20-24-39-40-25-21-37(35-17-16-32-10-2-3-11-34(32)28-35)30-42(40)47(41(39)29-36,45-14-6-8-26-48-45)46-15-7-9-27-49-46;1-3-4-2/h2-30H,1H3;3-4H,1-2H3/b;4-3-. The highest BCUT2D eigenvalue weighted by Crippen LogP contribution is 2.56. The van der Waals surface area contributed by atoms with Crippen molar-refractivity contribution in [1.29, 1.82) is 0 Å². The number of aromatic nitrogens is 4. The molecule has 1 aliphatic rings. The summed E-state index contributed by atoms with van der Waals surface area (Å²) in [5, 5.41) is 2.46. The molecule has 0 amide bonds. The van der Waals surface area contributed by atoms with Crippen molar-refractivity contribution in [2.75, 3.05) is 0 Å². The Morgan fingerprint density at radius 3 is 1.64 bits per heavy atom. The second-order valence-corrected chi connectivity index (χ2v) is 14.0. The van der Waals surface area contributed by atoms with Crippen LogP contribution in [0.3, 0.4) is 0 Å². The van der Waals surface area contributed by atoms with Crippen LogP contribution in [0.25, 0.3) is 60.9 Å². The zero-order valence-corrected chi connectivity index (χ0v) is 31.2. The van der Waals surface area contributed by atoms with Gasteiger partial charge in [-0.05, 0) is 143 Å². The third kappa shape index (κ3) is 5.75. The lowest BCUT2D eigenvalue weighted by Crippen LogP contribution is -2.30. The highest BCUT2D eigenvalue weighted by Gasteiger charge is 2.48. The number of imidazole rings is 1. The quantitative estimate of drug-likeness (QED) is 0.167. The van der Waals surface area contributed by atoms with Gasteiger partial charge in [-0.15, -0.1) is 0 Å². The van der Waals surface area contributed by atoms with Gasteiger partial charge in [-0.2, -0.15) is 0 Å². The SMILES string of the molecule is C/C=C\C.Cc1nc2ccccc2n1-c1ccc(-c2ccc3c(c2)C(c2ccccn2)(c2ccccn2)c2cc(-c4ccc5ccccc5c4)ccc2-3)cc1. The number of benzene rings is 6. The van der Waals surface area contributed by atoms with Crippen LogP contribution in [-0.2, 0) is 5.41 Å². The lowest BCUT2D eigenvalue weighted by atomic mass is 9.71. The molecule has 0 aliphatic heterocycles. The summed E-state index contributed by atoms with van der Waals surface area (Å²) >= 11 is 0. The van der Waals surface area contributed by atoms with Gasteiger partial charge in [0.05, 0.1) is 22.4 Å². The van der Waals surface area contributed by atoms with Gasteiger partial charge in [0, 0.05) is 18.1 Å². The minimum absolute atomic E-state index is 0.719. The van der Waals surface area contributed by atoms with E-state index in [1.807, 2.05) is 56.6 Å². The first-order valence-electron chi connectivity index (χ1n) is 18.8. The number of hydrogen-bond donors (Lipinski definition) is 0. The normalized spacial score (nSPS) is 12.7. The fourth-order valence-electron chi connectivity index (χ4n) is 8.18. The highest BCUT2D eigenvalue weighted by atomic mass is 15.1. The molecule has 0 saturated carbocycles. The number of pyridine rings is 2. The van der Waals surface area contributed by atoms with Gasteiger partial charge in [-0.25, -0.2) is 4.98 Å². The van der Waals surface area contributed by atoms with E-state index in [0.717, 1.165) is 45.1 Å². The summed E-state index contributed by atoms with van der Waals surface area (Å²) in [7, 11) is 0. The van der Waals surface area contributed by atoms with Gasteiger partial charge in [0.15, 0.2) is 0 Å². The lowest BCUT2D eigenvalue weighted by molar-refractivity contribution is 0.706. The first-order chi connectivity index (χ1) is 27.1. The molecular formula is C51H40N4. The second kappa shape index (κ2) is 14.1. The third-order valence-corrected chi connectivity index (χ3v) is 10.8. The average Bonchev–Trinajstić information content (AvgIpc) is 3.75. The summed E-state index contributed by atoms with van der Waals surface area (Å²) in [4.78, 5) is 14.9. The van der Waals surface area contributed by atoms with Crippen molar-refractivity contribution in [3.63, 3.8) is 0 Å². The molecule has 0 spiro atoms. The summed E-state index contributed by atoms with van der Waals surface area (Å²) < 4.78 is 2.22. The Labute approximate surface area is 322 Å². The molecule has 6 aromatic carbocycles. The van der Waals surface area contributed by atoms with E-state index in [-0.39, 0.29) is 0 Å². The van der Waals surface area contributed by atoms with E-state index in [2.05, 4.69) is 157 Å². The molecule has 10 rings (SSSR count). The summed E-state index contributed by atoms with van der Waals surface area (Å²) in [6, 6.07) is 58.6. The molecule has 4 heteroatoms. The topological polar surface area (TPSA) is 43.6 Å².